The smallest absolute Gasteiger partial charge is 0.122 e. The van der Waals surface area contributed by atoms with E-state index in [0.717, 1.165) is 48.7 Å². The molecule has 0 aliphatic carbocycles. The highest BCUT2D eigenvalue weighted by Gasteiger charge is 2.15. The predicted octanol–water partition coefficient (Wildman–Crippen LogP) is 3.46. The Bertz CT molecular complexity index is 607. The highest BCUT2D eigenvalue weighted by Crippen LogP contribution is 2.30. The van der Waals surface area contributed by atoms with Crippen LogP contribution in [0.15, 0.2) is 42.5 Å². The fraction of sp³-hybridized carbons (Fsp3) is 0.333. The van der Waals surface area contributed by atoms with Crippen molar-refractivity contribution < 1.29 is 9.47 Å². The molecule has 2 N–H and O–H groups in total. The van der Waals surface area contributed by atoms with Gasteiger partial charge >= 0.3 is 0 Å². The lowest BCUT2D eigenvalue weighted by Crippen LogP contribution is -2.12. The van der Waals surface area contributed by atoms with Crippen molar-refractivity contribution >= 4 is 0 Å². The molecule has 3 nitrogen and oxygen atoms in total. The maximum absolute atomic E-state index is 6.38. The minimum Gasteiger partial charge on any atom is -0.494 e. The van der Waals surface area contributed by atoms with Gasteiger partial charge in [0.15, 0.2) is 0 Å². The molecule has 1 unspecified atom stereocenters. The topological polar surface area (TPSA) is 44.5 Å². The molecular formula is C18H21NO2. The molecule has 0 aromatic heterocycles. The molecule has 0 spiro atoms. The number of rotatable bonds is 5. The predicted molar refractivity (Wildman–Crippen MR) is 83.9 cm³/mol. The van der Waals surface area contributed by atoms with Crippen molar-refractivity contribution in [2.45, 2.75) is 25.8 Å². The largest absolute Gasteiger partial charge is 0.494 e. The third-order valence-electron chi connectivity index (χ3n) is 3.78. The molecule has 1 aliphatic rings. The molecule has 1 aliphatic heterocycles. The van der Waals surface area contributed by atoms with E-state index in [9.17, 15) is 0 Å². The van der Waals surface area contributed by atoms with Crippen molar-refractivity contribution in [2.24, 2.45) is 5.73 Å². The first-order chi connectivity index (χ1) is 10.3. The third-order valence-corrected chi connectivity index (χ3v) is 3.78. The maximum Gasteiger partial charge on any atom is 0.122 e. The van der Waals surface area contributed by atoms with Crippen molar-refractivity contribution in [2.75, 3.05) is 13.2 Å². The van der Waals surface area contributed by atoms with Crippen molar-refractivity contribution in [1.29, 1.82) is 0 Å². The number of hydrogen-bond donors (Lipinski definition) is 1. The van der Waals surface area contributed by atoms with Gasteiger partial charge in [0.05, 0.1) is 19.3 Å². The second-order valence-corrected chi connectivity index (χ2v) is 5.36. The van der Waals surface area contributed by atoms with Crippen LogP contribution in [0.3, 0.4) is 0 Å². The lowest BCUT2D eigenvalue weighted by Gasteiger charge is -2.14. The van der Waals surface area contributed by atoms with Crippen molar-refractivity contribution in [3.63, 3.8) is 0 Å². The molecule has 2 aromatic rings. The Kier molecular flexibility index (Phi) is 4.11. The molecule has 0 saturated carbocycles. The van der Waals surface area contributed by atoms with E-state index in [1.165, 1.54) is 5.56 Å². The Labute approximate surface area is 125 Å². The van der Waals surface area contributed by atoms with Crippen molar-refractivity contribution in [1.82, 2.24) is 0 Å². The fourth-order valence-corrected chi connectivity index (χ4v) is 2.58. The summed E-state index contributed by atoms with van der Waals surface area (Å²) in [6.45, 7) is 3.62. The molecule has 2 aromatic carbocycles. The molecule has 1 heterocycles. The molecule has 0 radical (unpaired) electrons. The van der Waals surface area contributed by atoms with E-state index in [1.54, 1.807) is 0 Å². The summed E-state index contributed by atoms with van der Waals surface area (Å²) in [5.74, 6) is 1.89. The van der Waals surface area contributed by atoms with E-state index >= 15 is 0 Å². The summed E-state index contributed by atoms with van der Waals surface area (Å²) >= 11 is 0. The first-order valence-corrected chi connectivity index (χ1v) is 7.52. The average Bonchev–Trinajstić information content (AvgIpc) is 3.00. The summed E-state index contributed by atoms with van der Waals surface area (Å²) in [7, 11) is 0. The number of fused-ring (bicyclic) bond motifs is 1. The van der Waals surface area contributed by atoms with Gasteiger partial charge in [0.1, 0.15) is 11.5 Å². The molecule has 1 atom stereocenters. The summed E-state index contributed by atoms with van der Waals surface area (Å²) in [6.07, 6.45) is 1.98. The van der Waals surface area contributed by atoms with E-state index in [2.05, 4.69) is 19.1 Å². The van der Waals surface area contributed by atoms with Gasteiger partial charge < -0.3 is 15.2 Å². The summed E-state index contributed by atoms with van der Waals surface area (Å²) in [5, 5.41) is 0. The zero-order chi connectivity index (χ0) is 14.7. The first kappa shape index (κ1) is 14.0. The Morgan fingerprint density at radius 3 is 2.67 bits per heavy atom. The monoisotopic (exact) mass is 283 g/mol. The van der Waals surface area contributed by atoms with Gasteiger partial charge in [0, 0.05) is 6.42 Å². The lowest BCUT2D eigenvalue weighted by atomic mass is 9.97. The van der Waals surface area contributed by atoms with Crippen LogP contribution in [0.2, 0.25) is 0 Å². The van der Waals surface area contributed by atoms with Crippen LogP contribution in [0.5, 0.6) is 11.5 Å². The lowest BCUT2D eigenvalue weighted by molar-refractivity contribution is 0.317. The van der Waals surface area contributed by atoms with Crippen LogP contribution in [-0.2, 0) is 6.42 Å². The zero-order valence-corrected chi connectivity index (χ0v) is 12.3. The molecule has 3 heteroatoms. The summed E-state index contributed by atoms with van der Waals surface area (Å²) in [5.41, 5.74) is 9.86. The van der Waals surface area contributed by atoms with Crippen LogP contribution in [0.25, 0.3) is 0 Å². The van der Waals surface area contributed by atoms with E-state index in [-0.39, 0.29) is 6.04 Å². The van der Waals surface area contributed by atoms with Gasteiger partial charge in [-0.05, 0) is 41.3 Å². The molecule has 0 saturated heterocycles. The van der Waals surface area contributed by atoms with Gasteiger partial charge in [-0.1, -0.05) is 31.2 Å². The molecular weight excluding hydrogens is 262 g/mol. The van der Waals surface area contributed by atoms with Crippen LogP contribution in [0.1, 0.15) is 36.1 Å². The summed E-state index contributed by atoms with van der Waals surface area (Å²) in [4.78, 5) is 0. The molecule has 0 fully saturated rings. The highest BCUT2D eigenvalue weighted by atomic mass is 16.5. The number of benzene rings is 2. The van der Waals surface area contributed by atoms with Crippen LogP contribution in [0.4, 0.5) is 0 Å². The van der Waals surface area contributed by atoms with Crippen LogP contribution >= 0.6 is 0 Å². The van der Waals surface area contributed by atoms with Crippen LogP contribution in [-0.4, -0.2) is 13.2 Å². The van der Waals surface area contributed by atoms with E-state index in [1.807, 2.05) is 30.3 Å². The number of hydrogen-bond acceptors (Lipinski definition) is 3. The van der Waals surface area contributed by atoms with Gasteiger partial charge in [-0.2, -0.15) is 0 Å². The molecule has 110 valence electrons. The minimum atomic E-state index is -0.115. The standard InChI is InChI=1S/C18H21NO2/c1-2-10-20-16-6-3-13(4-7-16)18(19)15-5-8-17-14(12-15)9-11-21-17/h3-8,12,18H,2,9-11,19H2,1H3. The number of ether oxygens (including phenoxy) is 2. The van der Waals surface area contributed by atoms with Gasteiger partial charge in [-0.15, -0.1) is 0 Å². The van der Waals surface area contributed by atoms with E-state index in [0.29, 0.717) is 0 Å². The van der Waals surface area contributed by atoms with Crippen LogP contribution in [0, 0.1) is 0 Å². The summed E-state index contributed by atoms with van der Waals surface area (Å²) < 4.78 is 11.1. The SMILES string of the molecule is CCCOc1ccc(C(N)c2ccc3c(c2)CCO3)cc1. The van der Waals surface area contributed by atoms with E-state index < -0.39 is 0 Å². The second kappa shape index (κ2) is 6.19. The third kappa shape index (κ3) is 3.03. The Morgan fingerprint density at radius 2 is 1.90 bits per heavy atom. The Balaban J connectivity index is 1.76. The maximum atomic E-state index is 6.38. The number of nitrogens with two attached hydrogens (primary N) is 1. The Hall–Kier alpha value is -2.00. The molecule has 3 rings (SSSR count). The van der Waals surface area contributed by atoms with Gasteiger partial charge in [-0.3, -0.25) is 0 Å². The molecule has 0 bridgehead atoms. The fourth-order valence-electron chi connectivity index (χ4n) is 2.58. The second-order valence-electron chi connectivity index (χ2n) is 5.36. The average molecular weight is 283 g/mol. The van der Waals surface area contributed by atoms with E-state index in [4.69, 9.17) is 15.2 Å². The zero-order valence-electron chi connectivity index (χ0n) is 12.3. The quantitative estimate of drug-likeness (QED) is 0.914. The minimum absolute atomic E-state index is 0.115. The van der Waals surface area contributed by atoms with Gasteiger partial charge in [0.25, 0.3) is 0 Å². The highest BCUT2D eigenvalue weighted by molar-refractivity contribution is 5.43. The van der Waals surface area contributed by atoms with Crippen LogP contribution < -0.4 is 15.2 Å². The molecule has 21 heavy (non-hydrogen) atoms. The van der Waals surface area contributed by atoms with Gasteiger partial charge in [0.2, 0.25) is 0 Å². The normalized spacial score (nSPS) is 14.4. The summed E-state index contributed by atoms with van der Waals surface area (Å²) in [6, 6.07) is 14.2. The van der Waals surface area contributed by atoms with Gasteiger partial charge in [-0.25, -0.2) is 0 Å². The first-order valence-electron chi connectivity index (χ1n) is 7.52. The van der Waals surface area contributed by atoms with Crippen molar-refractivity contribution in [3.8, 4) is 11.5 Å². The van der Waals surface area contributed by atoms with Crippen molar-refractivity contribution in [3.05, 3.63) is 59.2 Å². The molecule has 0 amide bonds. The Morgan fingerprint density at radius 1 is 1.14 bits per heavy atom.